The Bertz CT molecular complexity index is 469. The quantitative estimate of drug-likeness (QED) is 0.626. The van der Waals surface area contributed by atoms with Gasteiger partial charge in [-0.25, -0.2) is 0 Å². The predicted molar refractivity (Wildman–Crippen MR) is 63.5 cm³/mol. The smallest absolute Gasteiger partial charge is 0.186 e. The number of rotatable bonds is 2. The first-order valence-corrected chi connectivity index (χ1v) is 5.53. The van der Waals surface area contributed by atoms with Crippen LogP contribution in [0.2, 0.25) is 0 Å². The van der Waals surface area contributed by atoms with Crippen molar-refractivity contribution < 1.29 is 14.7 Å². The molecule has 0 saturated heterocycles. The van der Waals surface area contributed by atoms with Crippen LogP contribution in [0.25, 0.3) is 0 Å². The maximum absolute atomic E-state index is 10.7. The van der Waals surface area contributed by atoms with Crippen molar-refractivity contribution in [3.8, 4) is 17.6 Å². The minimum Gasteiger partial charge on any atom is -0.507 e. The minimum absolute atomic E-state index is 0.000759. The Balaban J connectivity index is 2.84. The van der Waals surface area contributed by atoms with Crippen LogP contribution >= 0.6 is 11.8 Å². The van der Waals surface area contributed by atoms with E-state index >= 15 is 0 Å². The monoisotopic (exact) mass is 234 g/mol. The molecule has 1 rings (SSSR count). The first kappa shape index (κ1) is 12.3. The van der Waals surface area contributed by atoms with Crippen molar-refractivity contribution in [2.24, 2.45) is 0 Å². The van der Waals surface area contributed by atoms with Gasteiger partial charge in [0.2, 0.25) is 0 Å². The van der Waals surface area contributed by atoms with E-state index in [4.69, 9.17) is 0 Å². The fourth-order valence-electron chi connectivity index (χ4n) is 1.05. The zero-order valence-corrected chi connectivity index (χ0v) is 9.50. The second kappa shape index (κ2) is 5.99. The molecule has 1 N–H and O–H groups in total. The molecule has 1 aromatic carbocycles. The lowest BCUT2D eigenvalue weighted by atomic mass is 10.1. The predicted octanol–water partition coefficient (Wildman–Crippen LogP) is 1.84. The van der Waals surface area contributed by atoms with Crippen molar-refractivity contribution in [3.05, 3.63) is 29.3 Å². The molecule has 0 aliphatic carbocycles. The van der Waals surface area contributed by atoms with Gasteiger partial charge in [-0.3, -0.25) is 9.59 Å². The molecule has 0 unspecified atom stereocenters. The first-order chi connectivity index (χ1) is 7.65. The molecular weight excluding hydrogens is 224 g/mol. The summed E-state index contributed by atoms with van der Waals surface area (Å²) in [5.41, 5.74) is 0.655. The molecular formula is C12H10O3S. The molecule has 4 heteroatoms. The van der Waals surface area contributed by atoms with Gasteiger partial charge in [0.25, 0.3) is 0 Å². The van der Waals surface area contributed by atoms with E-state index in [9.17, 15) is 14.7 Å². The number of aldehydes is 1. The average molecular weight is 234 g/mol. The fourth-order valence-corrected chi connectivity index (χ4v) is 1.40. The molecule has 1 aromatic rings. The molecule has 0 radical (unpaired) electrons. The Morgan fingerprint density at radius 3 is 2.94 bits per heavy atom. The highest BCUT2D eigenvalue weighted by atomic mass is 32.2. The molecule has 0 aromatic heterocycles. The van der Waals surface area contributed by atoms with Crippen LogP contribution in [0.3, 0.4) is 0 Å². The molecule has 0 heterocycles. The van der Waals surface area contributed by atoms with Crippen LogP contribution in [0.4, 0.5) is 0 Å². The van der Waals surface area contributed by atoms with Crippen molar-refractivity contribution in [1.82, 2.24) is 0 Å². The Kier molecular flexibility index (Phi) is 4.62. The standard InChI is InChI=1S/C12H10O3S/c1-9(14)16-7-3-5-10-4-2-6-12(15)11(10)8-13/h2,4,6,8,15H,7H2,1H3. The van der Waals surface area contributed by atoms with Crippen LogP contribution in [0, 0.1) is 11.8 Å². The summed E-state index contributed by atoms with van der Waals surface area (Å²) < 4.78 is 0. The summed E-state index contributed by atoms with van der Waals surface area (Å²) in [5.74, 6) is 5.80. The maximum atomic E-state index is 10.7. The summed E-state index contributed by atoms with van der Waals surface area (Å²) >= 11 is 1.10. The maximum Gasteiger partial charge on any atom is 0.186 e. The lowest BCUT2D eigenvalue weighted by Gasteiger charge is -1.98. The van der Waals surface area contributed by atoms with Gasteiger partial charge >= 0.3 is 0 Å². The summed E-state index contributed by atoms with van der Waals surface area (Å²) in [5, 5.41) is 9.38. The van der Waals surface area contributed by atoms with E-state index in [1.54, 1.807) is 12.1 Å². The lowest BCUT2D eigenvalue weighted by Crippen LogP contribution is -1.88. The molecule has 0 saturated carbocycles. The van der Waals surface area contributed by atoms with Gasteiger partial charge < -0.3 is 5.11 Å². The Hall–Kier alpha value is -1.73. The fraction of sp³-hybridized carbons (Fsp3) is 0.167. The van der Waals surface area contributed by atoms with Gasteiger partial charge in [0.1, 0.15) is 5.75 Å². The van der Waals surface area contributed by atoms with E-state index in [1.165, 1.54) is 13.0 Å². The Morgan fingerprint density at radius 2 is 2.31 bits per heavy atom. The van der Waals surface area contributed by atoms with E-state index in [2.05, 4.69) is 11.8 Å². The van der Waals surface area contributed by atoms with E-state index in [-0.39, 0.29) is 16.4 Å². The highest BCUT2D eigenvalue weighted by Gasteiger charge is 2.03. The number of aromatic hydroxyl groups is 1. The van der Waals surface area contributed by atoms with Crippen molar-refractivity contribution >= 4 is 23.2 Å². The molecule has 16 heavy (non-hydrogen) atoms. The Morgan fingerprint density at radius 1 is 1.56 bits per heavy atom. The van der Waals surface area contributed by atoms with Crippen molar-refractivity contribution in [1.29, 1.82) is 0 Å². The van der Waals surface area contributed by atoms with Gasteiger partial charge in [0.05, 0.1) is 11.3 Å². The zero-order chi connectivity index (χ0) is 12.0. The summed E-state index contributed by atoms with van der Waals surface area (Å²) in [7, 11) is 0. The third-order valence-electron chi connectivity index (χ3n) is 1.77. The van der Waals surface area contributed by atoms with E-state index in [0.717, 1.165) is 11.8 Å². The van der Waals surface area contributed by atoms with Crippen molar-refractivity contribution in [2.45, 2.75) is 6.92 Å². The normalized spacial score (nSPS) is 9.06. The van der Waals surface area contributed by atoms with Crippen LogP contribution in [0.5, 0.6) is 5.75 Å². The topological polar surface area (TPSA) is 54.4 Å². The molecule has 82 valence electrons. The molecule has 0 spiro atoms. The van der Waals surface area contributed by atoms with Crippen molar-refractivity contribution in [2.75, 3.05) is 5.75 Å². The molecule has 0 atom stereocenters. The summed E-state index contributed by atoms with van der Waals surface area (Å²) in [6, 6.07) is 4.69. The molecule has 0 amide bonds. The highest BCUT2D eigenvalue weighted by Crippen LogP contribution is 2.17. The second-order valence-corrected chi connectivity index (χ2v) is 4.09. The average Bonchev–Trinajstić information content (AvgIpc) is 2.24. The van der Waals surface area contributed by atoms with Gasteiger partial charge in [0.15, 0.2) is 11.4 Å². The molecule has 0 aliphatic rings. The molecule has 0 bridgehead atoms. The number of carbonyl (C=O) groups is 2. The largest absolute Gasteiger partial charge is 0.507 e. The number of phenolic OH excluding ortho intramolecular Hbond substituents is 1. The highest BCUT2D eigenvalue weighted by molar-refractivity contribution is 8.13. The first-order valence-electron chi connectivity index (χ1n) is 4.54. The number of thioether (sulfide) groups is 1. The third-order valence-corrected chi connectivity index (χ3v) is 2.47. The zero-order valence-electron chi connectivity index (χ0n) is 8.69. The summed E-state index contributed by atoms with van der Waals surface area (Å²) in [6.45, 7) is 1.47. The van der Waals surface area contributed by atoms with Gasteiger partial charge in [-0.1, -0.05) is 29.7 Å². The Labute approximate surface area is 97.9 Å². The van der Waals surface area contributed by atoms with Crippen LogP contribution in [-0.4, -0.2) is 22.3 Å². The van der Waals surface area contributed by atoms with Crippen molar-refractivity contribution in [3.63, 3.8) is 0 Å². The van der Waals surface area contributed by atoms with Crippen LogP contribution < -0.4 is 0 Å². The van der Waals surface area contributed by atoms with Crippen LogP contribution in [-0.2, 0) is 4.79 Å². The molecule has 3 nitrogen and oxygen atoms in total. The molecule has 0 fully saturated rings. The third kappa shape index (κ3) is 3.44. The number of carbonyl (C=O) groups excluding carboxylic acids is 2. The van der Waals surface area contributed by atoms with Gasteiger partial charge in [-0.15, -0.1) is 0 Å². The van der Waals surface area contributed by atoms with Crippen LogP contribution in [0.1, 0.15) is 22.8 Å². The van der Waals surface area contributed by atoms with Crippen LogP contribution in [0.15, 0.2) is 18.2 Å². The van der Waals surface area contributed by atoms with E-state index in [1.807, 2.05) is 0 Å². The summed E-state index contributed by atoms with van der Waals surface area (Å²) in [6.07, 6.45) is 0.567. The SMILES string of the molecule is CC(=O)SCC#Cc1cccc(O)c1C=O. The summed E-state index contributed by atoms with van der Waals surface area (Å²) in [4.78, 5) is 21.3. The minimum atomic E-state index is -0.0824. The van der Waals surface area contributed by atoms with Gasteiger partial charge in [0, 0.05) is 12.5 Å². The van der Waals surface area contributed by atoms with E-state index in [0.29, 0.717) is 17.6 Å². The number of phenols is 1. The molecule has 0 aliphatic heterocycles. The number of benzene rings is 1. The second-order valence-electron chi connectivity index (χ2n) is 2.94. The van der Waals surface area contributed by atoms with E-state index < -0.39 is 0 Å². The lowest BCUT2D eigenvalue weighted by molar-refractivity contribution is -0.109. The van der Waals surface area contributed by atoms with Gasteiger partial charge in [-0.05, 0) is 12.1 Å². The van der Waals surface area contributed by atoms with Gasteiger partial charge in [-0.2, -0.15) is 0 Å². The number of hydrogen-bond donors (Lipinski definition) is 1. The number of hydrogen-bond acceptors (Lipinski definition) is 4.